The molecule has 1 aliphatic rings. The van der Waals surface area contributed by atoms with Gasteiger partial charge in [-0.1, -0.05) is 49.2 Å². The Hall–Kier alpha value is -0.830. The van der Waals surface area contributed by atoms with E-state index in [1.807, 2.05) is 4.90 Å². The van der Waals surface area contributed by atoms with Gasteiger partial charge in [-0.05, 0) is 24.1 Å². The molecular weight excluding hydrogens is 290 g/mol. The lowest BCUT2D eigenvalue weighted by Gasteiger charge is -2.38. The number of carbonyl (C=O) groups excluding carboxylic acids is 1. The summed E-state index contributed by atoms with van der Waals surface area (Å²) >= 11 is 3.51. The van der Waals surface area contributed by atoms with E-state index in [0.717, 1.165) is 29.5 Å². The third-order valence-corrected chi connectivity index (χ3v) is 4.10. The summed E-state index contributed by atoms with van der Waals surface area (Å²) in [4.78, 5) is 14.3. The second-order valence-corrected chi connectivity index (χ2v) is 6.54. The predicted octanol–water partition coefficient (Wildman–Crippen LogP) is 4.26. The minimum Gasteiger partial charge on any atom is -0.312 e. The Bertz CT molecular complexity index is 468. The summed E-state index contributed by atoms with van der Waals surface area (Å²) in [7, 11) is 0. The van der Waals surface area contributed by atoms with Crippen LogP contribution in [0, 0.1) is 0 Å². The van der Waals surface area contributed by atoms with Crippen LogP contribution in [0.25, 0.3) is 0 Å². The van der Waals surface area contributed by atoms with Crippen LogP contribution in [-0.2, 0) is 10.2 Å². The van der Waals surface area contributed by atoms with Crippen molar-refractivity contribution in [2.75, 3.05) is 11.4 Å². The highest BCUT2D eigenvalue weighted by Crippen LogP contribution is 2.41. The first-order chi connectivity index (χ1) is 8.45. The quantitative estimate of drug-likeness (QED) is 0.817. The van der Waals surface area contributed by atoms with Gasteiger partial charge in [0.05, 0.1) is 0 Å². The normalized spacial score (nSPS) is 17.8. The number of benzene rings is 1. The van der Waals surface area contributed by atoms with Crippen LogP contribution in [0.1, 0.15) is 45.6 Å². The summed E-state index contributed by atoms with van der Waals surface area (Å²) in [6.45, 7) is 7.28. The Morgan fingerprint density at radius 1 is 1.39 bits per heavy atom. The van der Waals surface area contributed by atoms with Crippen molar-refractivity contribution < 1.29 is 4.79 Å². The molecule has 18 heavy (non-hydrogen) atoms. The van der Waals surface area contributed by atoms with E-state index in [-0.39, 0.29) is 11.3 Å². The molecule has 0 saturated carbocycles. The largest absolute Gasteiger partial charge is 0.312 e. The van der Waals surface area contributed by atoms with Crippen LogP contribution in [-0.4, -0.2) is 12.5 Å². The van der Waals surface area contributed by atoms with E-state index >= 15 is 0 Å². The molecule has 2 rings (SSSR count). The van der Waals surface area contributed by atoms with Crippen molar-refractivity contribution in [3.05, 3.63) is 28.2 Å². The van der Waals surface area contributed by atoms with E-state index in [9.17, 15) is 4.79 Å². The molecule has 0 aromatic heterocycles. The average Bonchev–Trinajstić information content (AvgIpc) is 2.27. The fraction of sp³-hybridized carbons (Fsp3) is 0.533. The average molecular weight is 310 g/mol. The lowest BCUT2D eigenvalue weighted by atomic mass is 9.77. The summed E-state index contributed by atoms with van der Waals surface area (Å²) in [6.07, 6.45) is 2.76. The molecule has 2 nitrogen and oxygen atoms in total. The first-order valence-corrected chi connectivity index (χ1v) is 7.35. The Kier molecular flexibility index (Phi) is 3.81. The molecule has 1 amide bonds. The molecule has 0 fully saturated rings. The molecule has 0 spiro atoms. The number of fused-ring (bicyclic) bond motifs is 1. The SMILES string of the molecule is CCCCN1C(=O)CC(C)(C)c2ccc(Br)cc21. The lowest BCUT2D eigenvalue weighted by Crippen LogP contribution is -2.42. The second kappa shape index (κ2) is 5.04. The van der Waals surface area contributed by atoms with E-state index < -0.39 is 0 Å². The maximum atomic E-state index is 12.3. The van der Waals surface area contributed by atoms with Gasteiger partial charge < -0.3 is 4.90 Å². The molecule has 0 atom stereocenters. The van der Waals surface area contributed by atoms with E-state index in [1.54, 1.807) is 0 Å². The van der Waals surface area contributed by atoms with Crippen molar-refractivity contribution in [3.8, 4) is 0 Å². The highest BCUT2D eigenvalue weighted by Gasteiger charge is 2.36. The molecule has 0 unspecified atom stereocenters. The fourth-order valence-electron chi connectivity index (χ4n) is 2.56. The molecule has 0 aliphatic carbocycles. The van der Waals surface area contributed by atoms with Gasteiger partial charge in [0.25, 0.3) is 0 Å². The van der Waals surface area contributed by atoms with E-state index in [4.69, 9.17) is 0 Å². The number of carbonyl (C=O) groups is 1. The van der Waals surface area contributed by atoms with Gasteiger partial charge in [0.2, 0.25) is 5.91 Å². The first kappa shape index (κ1) is 13.6. The topological polar surface area (TPSA) is 20.3 Å². The molecule has 0 radical (unpaired) electrons. The van der Waals surface area contributed by atoms with Crippen LogP contribution in [0.5, 0.6) is 0 Å². The second-order valence-electron chi connectivity index (χ2n) is 5.62. The highest BCUT2D eigenvalue weighted by molar-refractivity contribution is 9.10. The maximum absolute atomic E-state index is 12.3. The van der Waals surface area contributed by atoms with Gasteiger partial charge in [-0.2, -0.15) is 0 Å². The van der Waals surface area contributed by atoms with Gasteiger partial charge in [-0.3, -0.25) is 4.79 Å². The minimum atomic E-state index is -0.0597. The molecule has 1 aromatic rings. The van der Waals surface area contributed by atoms with Gasteiger partial charge in [0.15, 0.2) is 0 Å². The van der Waals surface area contributed by atoms with Gasteiger partial charge >= 0.3 is 0 Å². The molecule has 0 N–H and O–H groups in total. The summed E-state index contributed by atoms with van der Waals surface area (Å²) in [5.74, 6) is 0.249. The van der Waals surface area contributed by atoms with E-state index in [1.165, 1.54) is 5.56 Å². The third-order valence-electron chi connectivity index (χ3n) is 3.61. The molecule has 0 bridgehead atoms. The third kappa shape index (κ3) is 2.46. The van der Waals surface area contributed by atoms with Gasteiger partial charge in [0.1, 0.15) is 0 Å². The zero-order valence-corrected chi connectivity index (χ0v) is 12.9. The first-order valence-electron chi connectivity index (χ1n) is 6.56. The molecule has 1 aliphatic heterocycles. The van der Waals surface area contributed by atoms with Crippen molar-refractivity contribution in [2.45, 2.75) is 45.4 Å². The predicted molar refractivity (Wildman–Crippen MR) is 79.0 cm³/mol. The molecule has 1 aromatic carbocycles. The number of rotatable bonds is 3. The lowest BCUT2D eigenvalue weighted by molar-refractivity contribution is -0.120. The van der Waals surface area contributed by atoms with Crippen molar-refractivity contribution in [2.24, 2.45) is 0 Å². The Labute approximate surface area is 117 Å². The molecule has 3 heteroatoms. The zero-order chi connectivity index (χ0) is 13.3. The van der Waals surface area contributed by atoms with Gasteiger partial charge in [-0.25, -0.2) is 0 Å². The van der Waals surface area contributed by atoms with Crippen LogP contribution in [0.4, 0.5) is 5.69 Å². The number of amides is 1. The Morgan fingerprint density at radius 2 is 2.11 bits per heavy atom. The highest BCUT2D eigenvalue weighted by atomic mass is 79.9. The molecule has 98 valence electrons. The van der Waals surface area contributed by atoms with Gasteiger partial charge in [-0.15, -0.1) is 0 Å². The molecular formula is C15H20BrNO. The number of nitrogens with zero attached hydrogens (tertiary/aromatic N) is 1. The van der Waals surface area contributed by atoms with Crippen LogP contribution in [0.2, 0.25) is 0 Å². The minimum absolute atomic E-state index is 0.0597. The van der Waals surface area contributed by atoms with Crippen molar-refractivity contribution in [1.82, 2.24) is 0 Å². The van der Waals surface area contributed by atoms with Crippen LogP contribution < -0.4 is 4.90 Å². The monoisotopic (exact) mass is 309 g/mol. The Balaban J connectivity index is 2.46. The van der Waals surface area contributed by atoms with E-state index in [2.05, 4.69) is 54.9 Å². The smallest absolute Gasteiger partial charge is 0.227 e. The van der Waals surface area contributed by atoms with E-state index in [0.29, 0.717) is 6.42 Å². The zero-order valence-electron chi connectivity index (χ0n) is 11.3. The molecule has 1 heterocycles. The number of unbranched alkanes of at least 4 members (excludes halogenated alkanes) is 1. The number of halogens is 1. The number of anilines is 1. The van der Waals surface area contributed by atoms with Crippen molar-refractivity contribution in [1.29, 1.82) is 0 Å². The summed E-state index contributed by atoms with van der Waals surface area (Å²) in [5.41, 5.74) is 2.30. The molecule has 0 saturated heterocycles. The summed E-state index contributed by atoms with van der Waals surface area (Å²) < 4.78 is 1.04. The van der Waals surface area contributed by atoms with Crippen LogP contribution in [0.3, 0.4) is 0 Å². The maximum Gasteiger partial charge on any atom is 0.227 e. The fourth-order valence-corrected chi connectivity index (χ4v) is 2.91. The van der Waals surface area contributed by atoms with Crippen molar-refractivity contribution >= 4 is 27.5 Å². The van der Waals surface area contributed by atoms with Crippen molar-refractivity contribution in [3.63, 3.8) is 0 Å². The Morgan fingerprint density at radius 3 is 2.78 bits per heavy atom. The summed E-state index contributed by atoms with van der Waals surface area (Å²) in [6, 6.07) is 6.28. The number of hydrogen-bond acceptors (Lipinski definition) is 1. The van der Waals surface area contributed by atoms with Crippen LogP contribution >= 0.6 is 15.9 Å². The van der Waals surface area contributed by atoms with Gasteiger partial charge in [0, 0.05) is 28.5 Å². The van der Waals surface area contributed by atoms with Crippen LogP contribution in [0.15, 0.2) is 22.7 Å². The number of hydrogen-bond donors (Lipinski definition) is 0. The standard InChI is InChI=1S/C15H20BrNO/c1-4-5-8-17-13-9-11(16)6-7-12(13)15(2,3)10-14(17)18/h6-7,9H,4-5,8,10H2,1-3H3. The summed E-state index contributed by atoms with van der Waals surface area (Å²) in [5, 5.41) is 0.